The van der Waals surface area contributed by atoms with Crippen LogP contribution < -0.4 is 9.64 Å². The van der Waals surface area contributed by atoms with Gasteiger partial charge in [-0.25, -0.2) is 5.01 Å². The van der Waals surface area contributed by atoms with Gasteiger partial charge in [-0.05, 0) is 25.1 Å². The van der Waals surface area contributed by atoms with E-state index < -0.39 is 0 Å². The summed E-state index contributed by atoms with van der Waals surface area (Å²) in [6.07, 6.45) is 2.87. The number of hydrazone groups is 1. The third-order valence-corrected chi connectivity index (χ3v) is 5.82. The number of ether oxygens (including phenoxy) is 1. The number of likely N-dealkylation sites (tertiary alicyclic amines) is 1. The highest BCUT2D eigenvalue weighted by molar-refractivity contribution is 5.99. The number of piperidine rings is 1. The van der Waals surface area contributed by atoms with Gasteiger partial charge in [0.15, 0.2) is 0 Å². The van der Waals surface area contributed by atoms with Gasteiger partial charge in [-0.15, -0.1) is 0 Å². The molecule has 0 unspecified atom stereocenters. The third kappa shape index (κ3) is 2.29. The van der Waals surface area contributed by atoms with Gasteiger partial charge in [-0.1, -0.05) is 18.2 Å². The fourth-order valence-electron chi connectivity index (χ4n) is 4.37. The molecule has 25 heavy (non-hydrogen) atoms. The minimum atomic E-state index is -0.318. The van der Waals surface area contributed by atoms with E-state index in [9.17, 15) is 0 Å². The normalized spacial score (nSPS) is 30.6. The molecule has 5 rings (SSSR count). The first-order valence-corrected chi connectivity index (χ1v) is 9.17. The Morgan fingerprint density at radius 3 is 2.72 bits per heavy atom. The van der Waals surface area contributed by atoms with Crippen LogP contribution in [0.2, 0.25) is 0 Å². The standard InChI is InChI=1S/C20H23N3O2/c1-14-7-8-19(24-14)16-13-17-15-5-3-4-6-18(15)25-20(23(17)21-16)9-11-22(2)12-10-20/h3-8,17H,9-13H2,1-2H3/p+1/t17-/m0/s1. The van der Waals surface area contributed by atoms with Crippen molar-refractivity contribution in [2.75, 3.05) is 20.1 Å². The lowest BCUT2D eigenvalue weighted by Gasteiger charge is -2.49. The van der Waals surface area contributed by atoms with Gasteiger partial charge in [0.2, 0.25) is 5.72 Å². The molecular formula is C20H24N3O2+. The van der Waals surface area contributed by atoms with Crippen molar-refractivity contribution < 1.29 is 14.1 Å². The van der Waals surface area contributed by atoms with E-state index in [4.69, 9.17) is 14.3 Å². The molecule has 3 aliphatic heterocycles. The van der Waals surface area contributed by atoms with Crippen LogP contribution in [-0.2, 0) is 0 Å². The van der Waals surface area contributed by atoms with E-state index in [1.165, 1.54) is 5.56 Å². The minimum absolute atomic E-state index is 0.240. The second-order valence-corrected chi connectivity index (χ2v) is 7.56. The number of rotatable bonds is 1. The molecule has 3 aliphatic rings. The van der Waals surface area contributed by atoms with Crippen LogP contribution in [0.3, 0.4) is 0 Å². The SMILES string of the molecule is Cc1ccc(C2=NN3[C@@H](C2)c2ccccc2OC32CC[NH+](C)CC2)o1. The van der Waals surface area contributed by atoms with E-state index in [2.05, 4.69) is 36.3 Å². The maximum absolute atomic E-state index is 6.59. The van der Waals surface area contributed by atoms with Gasteiger partial charge in [-0.2, -0.15) is 5.10 Å². The van der Waals surface area contributed by atoms with Gasteiger partial charge in [-0.3, -0.25) is 0 Å². The molecule has 0 saturated carbocycles. The van der Waals surface area contributed by atoms with Crippen LogP contribution in [0.15, 0.2) is 45.9 Å². The van der Waals surface area contributed by atoms with Crippen LogP contribution in [-0.4, -0.2) is 36.6 Å². The van der Waals surface area contributed by atoms with Gasteiger partial charge in [0.25, 0.3) is 0 Å². The smallest absolute Gasteiger partial charge is 0.208 e. The highest BCUT2D eigenvalue weighted by atomic mass is 16.5. The molecule has 0 radical (unpaired) electrons. The lowest BCUT2D eigenvalue weighted by Crippen LogP contribution is -3.11. The molecule has 1 aromatic heterocycles. The van der Waals surface area contributed by atoms with Crippen molar-refractivity contribution in [2.24, 2.45) is 5.10 Å². The van der Waals surface area contributed by atoms with Crippen molar-refractivity contribution in [3.63, 3.8) is 0 Å². The van der Waals surface area contributed by atoms with Gasteiger partial charge in [0.1, 0.15) is 23.0 Å². The number of furan rings is 1. The van der Waals surface area contributed by atoms with E-state index in [-0.39, 0.29) is 11.8 Å². The molecule has 1 fully saturated rings. The van der Waals surface area contributed by atoms with E-state index in [1.54, 1.807) is 4.90 Å². The number of aryl methyl sites for hydroxylation is 1. The Labute approximate surface area is 147 Å². The van der Waals surface area contributed by atoms with Crippen LogP contribution in [0, 0.1) is 6.92 Å². The summed E-state index contributed by atoms with van der Waals surface area (Å²) in [6, 6.07) is 12.7. The van der Waals surface area contributed by atoms with Crippen molar-refractivity contribution >= 4 is 5.71 Å². The lowest BCUT2D eigenvalue weighted by atomic mass is 9.91. The summed E-state index contributed by atoms with van der Waals surface area (Å²) < 4.78 is 12.4. The molecule has 130 valence electrons. The van der Waals surface area contributed by atoms with Gasteiger partial charge in [0.05, 0.1) is 39.0 Å². The second kappa shape index (κ2) is 5.36. The molecule has 0 bridgehead atoms. The van der Waals surface area contributed by atoms with E-state index in [0.29, 0.717) is 0 Å². The largest absolute Gasteiger partial charge is 0.466 e. The summed E-state index contributed by atoms with van der Waals surface area (Å²) in [6.45, 7) is 4.19. The van der Waals surface area contributed by atoms with Crippen LogP contribution in [0.25, 0.3) is 0 Å². The number of nitrogens with one attached hydrogen (secondary N) is 1. The topological polar surface area (TPSA) is 42.4 Å². The number of quaternary nitrogens is 1. The predicted molar refractivity (Wildman–Crippen MR) is 94.8 cm³/mol. The van der Waals surface area contributed by atoms with E-state index in [0.717, 1.165) is 55.3 Å². The Kier molecular flexibility index (Phi) is 3.22. The molecule has 1 spiro atoms. The number of nitrogens with zero attached hydrogens (tertiary/aromatic N) is 2. The molecule has 5 heteroatoms. The van der Waals surface area contributed by atoms with Crippen molar-refractivity contribution in [1.82, 2.24) is 5.01 Å². The summed E-state index contributed by atoms with van der Waals surface area (Å²) in [5, 5.41) is 7.26. The van der Waals surface area contributed by atoms with Crippen LogP contribution in [0.1, 0.15) is 42.4 Å². The van der Waals surface area contributed by atoms with Gasteiger partial charge in [0, 0.05) is 12.0 Å². The predicted octanol–water partition coefficient (Wildman–Crippen LogP) is 2.14. The third-order valence-electron chi connectivity index (χ3n) is 5.82. The first-order valence-electron chi connectivity index (χ1n) is 9.17. The van der Waals surface area contributed by atoms with Gasteiger partial charge < -0.3 is 14.1 Å². The molecule has 1 atom stereocenters. The quantitative estimate of drug-likeness (QED) is 0.866. The fraction of sp³-hybridized carbons (Fsp3) is 0.450. The number of hydrogen-bond donors (Lipinski definition) is 1. The number of benzene rings is 1. The summed E-state index contributed by atoms with van der Waals surface area (Å²) in [4.78, 5) is 1.56. The number of para-hydroxylation sites is 1. The minimum Gasteiger partial charge on any atom is -0.466 e. The summed E-state index contributed by atoms with van der Waals surface area (Å²) in [7, 11) is 2.26. The summed E-state index contributed by atoms with van der Waals surface area (Å²) in [5.74, 6) is 2.84. The molecule has 1 aromatic carbocycles. The average molecular weight is 338 g/mol. The highest BCUT2D eigenvalue weighted by Crippen LogP contribution is 2.49. The fourth-order valence-corrected chi connectivity index (χ4v) is 4.37. The molecule has 1 N–H and O–H groups in total. The zero-order chi connectivity index (χ0) is 17.0. The molecular weight excluding hydrogens is 314 g/mol. The second-order valence-electron chi connectivity index (χ2n) is 7.56. The monoisotopic (exact) mass is 338 g/mol. The molecule has 4 heterocycles. The zero-order valence-electron chi connectivity index (χ0n) is 14.8. The van der Waals surface area contributed by atoms with Crippen molar-refractivity contribution in [1.29, 1.82) is 0 Å². The summed E-state index contributed by atoms with van der Waals surface area (Å²) >= 11 is 0. The first-order chi connectivity index (χ1) is 12.1. The van der Waals surface area contributed by atoms with Gasteiger partial charge >= 0.3 is 0 Å². The van der Waals surface area contributed by atoms with Crippen molar-refractivity contribution in [2.45, 2.75) is 38.0 Å². The number of hydrogen-bond acceptors (Lipinski definition) is 4. The molecule has 5 nitrogen and oxygen atoms in total. The van der Waals surface area contributed by atoms with Crippen LogP contribution in [0.5, 0.6) is 5.75 Å². The Morgan fingerprint density at radius 1 is 1.16 bits per heavy atom. The van der Waals surface area contributed by atoms with E-state index >= 15 is 0 Å². The Morgan fingerprint density at radius 2 is 1.96 bits per heavy atom. The maximum Gasteiger partial charge on any atom is 0.208 e. The first kappa shape index (κ1) is 15.0. The highest BCUT2D eigenvalue weighted by Gasteiger charge is 2.52. The Bertz CT molecular complexity index is 833. The van der Waals surface area contributed by atoms with Crippen molar-refractivity contribution in [3.05, 3.63) is 53.5 Å². The lowest BCUT2D eigenvalue weighted by molar-refractivity contribution is -0.888. The van der Waals surface area contributed by atoms with E-state index in [1.807, 2.05) is 19.1 Å². The van der Waals surface area contributed by atoms with Crippen LogP contribution >= 0.6 is 0 Å². The molecule has 2 aromatic rings. The zero-order valence-corrected chi connectivity index (χ0v) is 14.8. The molecule has 0 aliphatic carbocycles. The Balaban J connectivity index is 1.58. The number of fused-ring (bicyclic) bond motifs is 4. The average Bonchev–Trinajstić information content (AvgIpc) is 3.25. The molecule has 1 saturated heterocycles. The van der Waals surface area contributed by atoms with Crippen LogP contribution in [0.4, 0.5) is 0 Å². The Hall–Kier alpha value is -2.27. The maximum atomic E-state index is 6.59. The summed E-state index contributed by atoms with van der Waals surface area (Å²) in [5.41, 5.74) is 1.95. The van der Waals surface area contributed by atoms with Crippen molar-refractivity contribution in [3.8, 4) is 5.75 Å². The molecule has 0 amide bonds.